The average Bonchev–Trinajstić information content (AvgIpc) is 2.77. The van der Waals surface area contributed by atoms with Gasteiger partial charge in [-0.1, -0.05) is 37.3 Å². The number of methoxy groups -OCH3 is 1. The second-order valence-electron chi connectivity index (χ2n) is 7.20. The molecule has 1 amide bonds. The molecule has 2 aromatic carbocycles. The van der Waals surface area contributed by atoms with Crippen LogP contribution < -0.4 is 20.1 Å². The van der Waals surface area contributed by atoms with Gasteiger partial charge in [-0.3, -0.25) is 9.69 Å². The average molecular weight is 434 g/mol. The minimum Gasteiger partial charge on any atom is -0.496 e. The van der Waals surface area contributed by atoms with E-state index in [0.29, 0.717) is 19.7 Å². The quantitative estimate of drug-likeness (QED) is 0.636. The molecular weight excluding hydrogens is 402 g/mol. The molecule has 2 N–H and O–H groups in total. The Kier molecular flexibility index (Phi) is 9.94. The van der Waals surface area contributed by atoms with Gasteiger partial charge in [-0.25, -0.2) is 0 Å². The van der Waals surface area contributed by atoms with Crippen molar-refractivity contribution < 1.29 is 14.3 Å². The van der Waals surface area contributed by atoms with Gasteiger partial charge in [-0.2, -0.15) is 0 Å². The molecular formula is C23H32ClN3O3. The molecule has 1 atom stereocenters. The van der Waals surface area contributed by atoms with Crippen molar-refractivity contribution in [3.8, 4) is 11.5 Å². The van der Waals surface area contributed by atoms with Crippen molar-refractivity contribution in [3.63, 3.8) is 0 Å². The maximum atomic E-state index is 12.6. The Labute approximate surface area is 185 Å². The molecule has 1 fully saturated rings. The standard InChI is InChI=1S/C23H31N3O3.ClH/c1-3-13-29-19-8-6-7-18(14-19)15-25-23(27)17-26-12-11-24-16-21(26)20-9-4-5-10-22(20)28-2;/h4-10,14,21,24H,3,11-13,15-17H2,1-2H3,(H,25,27);1H. The van der Waals surface area contributed by atoms with Crippen molar-refractivity contribution in [1.29, 1.82) is 0 Å². The number of nitrogens with one attached hydrogen (secondary N) is 2. The fourth-order valence-corrected chi connectivity index (χ4v) is 3.59. The molecule has 30 heavy (non-hydrogen) atoms. The van der Waals surface area contributed by atoms with Gasteiger partial charge in [-0.15, -0.1) is 12.4 Å². The lowest BCUT2D eigenvalue weighted by Crippen LogP contribution is -2.49. The van der Waals surface area contributed by atoms with Gasteiger partial charge in [0.2, 0.25) is 5.91 Å². The van der Waals surface area contributed by atoms with Gasteiger partial charge in [0.1, 0.15) is 11.5 Å². The molecule has 1 aliphatic rings. The van der Waals surface area contributed by atoms with Crippen molar-refractivity contribution in [3.05, 3.63) is 59.7 Å². The molecule has 0 spiro atoms. The molecule has 0 radical (unpaired) electrons. The zero-order valence-corrected chi connectivity index (χ0v) is 18.5. The van der Waals surface area contributed by atoms with E-state index in [2.05, 4.69) is 28.5 Å². The molecule has 1 unspecified atom stereocenters. The molecule has 0 aromatic heterocycles. The van der Waals surface area contributed by atoms with E-state index >= 15 is 0 Å². The highest BCUT2D eigenvalue weighted by molar-refractivity contribution is 5.85. The summed E-state index contributed by atoms with van der Waals surface area (Å²) in [5.74, 6) is 1.72. The number of piperazine rings is 1. The van der Waals surface area contributed by atoms with Crippen LogP contribution in [0.3, 0.4) is 0 Å². The van der Waals surface area contributed by atoms with E-state index in [1.165, 1.54) is 0 Å². The molecule has 1 aliphatic heterocycles. The molecule has 7 heteroatoms. The SMILES string of the molecule is CCCOc1cccc(CNC(=O)CN2CCNCC2c2ccccc2OC)c1.Cl. The predicted molar refractivity (Wildman–Crippen MR) is 122 cm³/mol. The fourth-order valence-electron chi connectivity index (χ4n) is 3.59. The number of benzene rings is 2. The van der Waals surface area contributed by atoms with Gasteiger partial charge >= 0.3 is 0 Å². The Morgan fingerprint density at radius 3 is 2.87 bits per heavy atom. The minimum absolute atomic E-state index is 0. The van der Waals surface area contributed by atoms with Gasteiger partial charge in [0, 0.05) is 31.7 Å². The van der Waals surface area contributed by atoms with Crippen LogP contribution in [0.25, 0.3) is 0 Å². The van der Waals surface area contributed by atoms with Crippen LogP contribution in [0.4, 0.5) is 0 Å². The Morgan fingerprint density at radius 1 is 1.23 bits per heavy atom. The number of carbonyl (C=O) groups is 1. The molecule has 3 rings (SSSR count). The Balaban J connectivity index is 0.00000320. The summed E-state index contributed by atoms with van der Waals surface area (Å²) in [4.78, 5) is 14.8. The number of amides is 1. The maximum Gasteiger partial charge on any atom is 0.234 e. The van der Waals surface area contributed by atoms with Crippen molar-refractivity contribution in [2.45, 2.75) is 25.9 Å². The monoisotopic (exact) mass is 433 g/mol. The summed E-state index contributed by atoms with van der Waals surface area (Å²) in [6.07, 6.45) is 0.971. The first-order valence-electron chi connectivity index (χ1n) is 10.3. The number of hydrogen-bond donors (Lipinski definition) is 2. The summed E-state index contributed by atoms with van der Waals surface area (Å²) in [6, 6.07) is 16.0. The molecule has 1 heterocycles. The Hall–Kier alpha value is -2.28. The van der Waals surface area contributed by atoms with Crippen LogP contribution in [-0.2, 0) is 11.3 Å². The summed E-state index contributed by atoms with van der Waals surface area (Å²) >= 11 is 0. The van der Waals surface area contributed by atoms with E-state index in [4.69, 9.17) is 9.47 Å². The third-order valence-electron chi connectivity index (χ3n) is 5.06. The van der Waals surface area contributed by atoms with Crippen molar-refractivity contribution in [2.24, 2.45) is 0 Å². The third-order valence-corrected chi connectivity index (χ3v) is 5.06. The summed E-state index contributed by atoms with van der Waals surface area (Å²) in [7, 11) is 1.68. The number of halogens is 1. The van der Waals surface area contributed by atoms with Gasteiger partial charge in [0.05, 0.1) is 26.3 Å². The summed E-state index contributed by atoms with van der Waals surface area (Å²) in [6.45, 7) is 6.11. The number of rotatable bonds is 9. The van der Waals surface area contributed by atoms with Crippen LogP contribution in [0.15, 0.2) is 48.5 Å². The third kappa shape index (κ3) is 6.62. The number of nitrogens with zero attached hydrogens (tertiary/aromatic N) is 1. The highest BCUT2D eigenvalue weighted by Crippen LogP contribution is 2.29. The van der Waals surface area contributed by atoms with E-state index in [9.17, 15) is 4.79 Å². The second-order valence-corrected chi connectivity index (χ2v) is 7.20. The number of carbonyl (C=O) groups excluding carboxylic acids is 1. The van der Waals surface area contributed by atoms with E-state index in [1.54, 1.807) is 7.11 Å². The molecule has 0 bridgehead atoms. The largest absolute Gasteiger partial charge is 0.496 e. The summed E-state index contributed by atoms with van der Waals surface area (Å²) < 4.78 is 11.2. The van der Waals surface area contributed by atoms with Crippen LogP contribution >= 0.6 is 12.4 Å². The molecule has 164 valence electrons. The van der Waals surface area contributed by atoms with E-state index in [1.807, 2.05) is 42.5 Å². The zero-order chi connectivity index (χ0) is 20.5. The lowest BCUT2D eigenvalue weighted by Gasteiger charge is -2.36. The first kappa shape index (κ1) is 24.0. The van der Waals surface area contributed by atoms with Crippen LogP contribution in [0.1, 0.15) is 30.5 Å². The summed E-state index contributed by atoms with van der Waals surface area (Å²) in [5, 5.41) is 6.47. The lowest BCUT2D eigenvalue weighted by atomic mass is 10.0. The minimum atomic E-state index is 0. The Morgan fingerprint density at radius 2 is 2.07 bits per heavy atom. The lowest BCUT2D eigenvalue weighted by molar-refractivity contribution is -0.123. The normalized spacial score (nSPS) is 16.4. The number of ether oxygens (including phenoxy) is 2. The molecule has 0 aliphatic carbocycles. The van der Waals surface area contributed by atoms with Gasteiger partial charge < -0.3 is 20.1 Å². The number of para-hydroxylation sites is 1. The first-order valence-corrected chi connectivity index (χ1v) is 10.3. The van der Waals surface area contributed by atoms with Crippen molar-refractivity contribution >= 4 is 18.3 Å². The molecule has 6 nitrogen and oxygen atoms in total. The van der Waals surface area contributed by atoms with E-state index in [0.717, 1.165) is 48.7 Å². The fraction of sp³-hybridized carbons (Fsp3) is 0.435. The van der Waals surface area contributed by atoms with Gasteiger partial charge in [0.25, 0.3) is 0 Å². The summed E-state index contributed by atoms with van der Waals surface area (Å²) in [5.41, 5.74) is 2.14. The molecule has 0 saturated carbocycles. The van der Waals surface area contributed by atoms with Gasteiger partial charge in [0.15, 0.2) is 0 Å². The van der Waals surface area contributed by atoms with Crippen molar-refractivity contribution in [2.75, 3.05) is 39.9 Å². The molecule has 1 saturated heterocycles. The molecule has 2 aromatic rings. The smallest absolute Gasteiger partial charge is 0.234 e. The zero-order valence-electron chi connectivity index (χ0n) is 17.7. The van der Waals surface area contributed by atoms with Crippen LogP contribution in [0, 0.1) is 0 Å². The van der Waals surface area contributed by atoms with E-state index < -0.39 is 0 Å². The van der Waals surface area contributed by atoms with Crippen LogP contribution in [-0.4, -0.2) is 50.7 Å². The maximum absolute atomic E-state index is 12.6. The van der Waals surface area contributed by atoms with Crippen LogP contribution in [0.2, 0.25) is 0 Å². The topological polar surface area (TPSA) is 62.8 Å². The highest BCUT2D eigenvalue weighted by Gasteiger charge is 2.27. The highest BCUT2D eigenvalue weighted by atomic mass is 35.5. The first-order chi connectivity index (χ1) is 14.2. The van der Waals surface area contributed by atoms with Gasteiger partial charge in [-0.05, 0) is 30.2 Å². The van der Waals surface area contributed by atoms with Crippen LogP contribution in [0.5, 0.6) is 11.5 Å². The Bertz CT molecular complexity index is 803. The second kappa shape index (κ2) is 12.4. The van der Waals surface area contributed by atoms with Crippen molar-refractivity contribution in [1.82, 2.24) is 15.5 Å². The van der Waals surface area contributed by atoms with E-state index in [-0.39, 0.29) is 24.4 Å². The predicted octanol–water partition coefficient (Wildman–Crippen LogP) is 3.17. The number of hydrogen-bond acceptors (Lipinski definition) is 5.